The SMILES string of the molecule is [Li][c]1ccc(CC[C@H]2CC[C@H](CCC)CC2)cc1. The Morgan fingerprint density at radius 1 is 0.944 bits per heavy atom. The Balaban J connectivity index is 1.70. The molecule has 0 saturated heterocycles. The molecule has 1 aliphatic carbocycles. The summed E-state index contributed by atoms with van der Waals surface area (Å²) in [5.74, 6) is 2.05. The van der Waals surface area contributed by atoms with Gasteiger partial charge in [0.15, 0.2) is 0 Å². The summed E-state index contributed by atoms with van der Waals surface area (Å²) in [6, 6.07) is 9.09. The predicted octanol–water partition coefficient (Wildman–Crippen LogP) is 4.02. The Bertz CT molecular complexity index is 333. The zero-order valence-corrected chi connectivity index (χ0v) is 12.1. The first kappa shape index (κ1) is 14.2. The maximum absolute atomic E-state index is 2.32. The molecule has 0 bridgehead atoms. The van der Waals surface area contributed by atoms with Crippen LogP contribution in [0.1, 0.15) is 57.4 Å². The normalized spacial score (nSPS) is 24.2. The molecule has 2 rings (SSSR count). The third kappa shape index (κ3) is 4.49. The second-order valence-electron chi connectivity index (χ2n) is 6.20. The van der Waals surface area contributed by atoms with Crippen molar-refractivity contribution in [3.8, 4) is 0 Å². The summed E-state index contributed by atoms with van der Waals surface area (Å²) < 4.78 is 1.37. The van der Waals surface area contributed by atoms with Crippen LogP contribution in [0.5, 0.6) is 0 Å². The fourth-order valence-electron chi connectivity index (χ4n) is 3.34. The summed E-state index contributed by atoms with van der Waals surface area (Å²) in [6.45, 7) is 2.32. The Kier molecular flexibility index (Phi) is 5.86. The van der Waals surface area contributed by atoms with Gasteiger partial charge in [0.1, 0.15) is 0 Å². The van der Waals surface area contributed by atoms with E-state index in [-0.39, 0.29) is 0 Å². The minimum absolute atomic E-state index is 0.999. The Labute approximate surface area is 122 Å². The van der Waals surface area contributed by atoms with Crippen LogP contribution in [-0.2, 0) is 6.42 Å². The van der Waals surface area contributed by atoms with Gasteiger partial charge in [-0.2, -0.15) is 0 Å². The van der Waals surface area contributed by atoms with E-state index in [1.807, 2.05) is 0 Å². The van der Waals surface area contributed by atoms with Crippen molar-refractivity contribution >= 4 is 22.0 Å². The fourth-order valence-corrected chi connectivity index (χ4v) is 3.34. The van der Waals surface area contributed by atoms with Gasteiger partial charge in [-0.3, -0.25) is 0 Å². The molecule has 0 N–H and O–H groups in total. The molecule has 94 valence electrons. The predicted molar refractivity (Wildman–Crippen MR) is 80.5 cm³/mol. The molecular formula is C17H25Li. The molecule has 0 spiro atoms. The van der Waals surface area contributed by atoms with Gasteiger partial charge in [0.25, 0.3) is 0 Å². The number of hydrogen-bond donors (Lipinski definition) is 0. The van der Waals surface area contributed by atoms with Gasteiger partial charge in [-0.15, -0.1) is 0 Å². The second-order valence-corrected chi connectivity index (χ2v) is 6.20. The molecule has 0 nitrogen and oxygen atoms in total. The molecule has 0 aliphatic heterocycles. The average molecular weight is 236 g/mol. The molecular weight excluding hydrogens is 211 g/mol. The molecule has 0 aromatic heterocycles. The summed E-state index contributed by atoms with van der Waals surface area (Å²) in [6.07, 6.45) is 11.5. The number of benzene rings is 1. The second kappa shape index (κ2) is 7.42. The van der Waals surface area contributed by atoms with E-state index in [0.29, 0.717) is 0 Å². The van der Waals surface area contributed by atoms with Gasteiger partial charge in [0.2, 0.25) is 0 Å². The Hall–Kier alpha value is -0.183. The molecule has 1 aromatic rings. The van der Waals surface area contributed by atoms with Gasteiger partial charge >= 0.3 is 115 Å². The summed E-state index contributed by atoms with van der Waals surface area (Å²) in [4.78, 5) is 0. The molecule has 0 amide bonds. The number of rotatable bonds is 5. The van der Waals surface area contributed by atoms with Crippen molar-refractivity contribution < 1.29 is 0 Å². The van der Waals surface area contributed by atoms with E-state index in [1.54, 1.807) is 0 Å². The van der Waals surface area contributed by atoms with Crippen LogP contribution in [0, 0.1) is 11.8 Å². The van der Waals surface area contributed by atoms with Crippen LogP contribution in [-0.4, -0.2) is 17.7 Å². The topological polar surface area (TPSA) is 0 Å². The van der Waals surface area contributed by atoms with Gasteiger partial charge in [-0.25, -0.2) is 0 Å². The summed E-state index contributed by atoms with van der Waals surface area (Å²) in [7, 11) is 0. The zero-order valence-electron chi connectivity index (χ0n) is 12.1. The van der Waals surface area contributed by atoms with Crippen LogP contribution in [0.3, 0.4) is 0 Å². The van der Waals surface area contributed by atoms with Crippen LogP contribution >= 0.6 is 0 Å². The summed E-state index contributed by atoms with van der Waals surface area (Å²) in [5.41, 5.74) is 1.52. The first-order chi connectivity index (χ1) is 8.78. The average Bonchev–Trinajstić information content (AvgIpc) is 2.40. The van der Waals surface area contributed by atoms with E-state index in [2.05, 4.69) is 48.9 Å². The van der Waals surface area contributed by atoms with Crippen LogP contribution < -0.4 is 4.24 Å². The quantitative estimate of drug-likeness (QED) is 0.677. The number of aryl methyl sites for hydroxylation is 1. The maximum atomic E-state index is 2.32. The molecule has 1 aromatic carbocycles. The van der Waals surface area contributed by atoms with Gasteiger partial charge in [-0.1, -0.05) is 6.92 Å². The zero-order chi connectivity index (χ0) is 12.8. The third-order valence-corrected chi connectivity index (χ3v) is 4.63. The molecule has 0 heterocycles. The molecule has 1 saturated carbocycles. The number of hydrogen-bond acceptors (Lipinski definition) is 0. The molecule has 1 heteroatoms. The molecule has 0 radical (unpaired) electrons. The van der Waals surface area contributed by atoms with Crippen molar-refractivity contribution in [1.29, 1.82) is 0 Å². The van der Waals surface area contributed by atoms with E-state index in [9.17, 15) is 0 Å². The van der Waals surface area contributed by atoms with Crippen molar-refractivity contribution in [2.75, 3.05) is 0 Å². The van der Waals surface area contributed by atoms with Crippen molar-refractivity contribution in [3.05, 3.63) is 29.8 Å². The molecule has 18 heavy (non-hydrogen) atoms. The van der Waals surface area contributed by atoms with Crippen LogP contribution in [0.25, 0.3) is 0 Å². The molecule has 1 fully saturated rings. The van der Waals surface area contributed by atoms with Gasteiger partial charge < -0.3 is 0 Å². The fraction of sp³-hybridized carbons (Fsp3) is 0.647. The molecule has 0 atom stereocenters. The van der Waals surface area contributed by atoms with E-state index in [4.69, 9.17) is 0 Å². The molecule has 0 unspecified atom stereocenters. The summed E-state index contributed by atoms with van der Waals surface area (Å²) in [5, 5.41) is 0. The molecule has 1 aliphatic rings. The van der Waals surface area contributed by atoms with Crippen molar-refractivity contribution in [2.24, 2.45) is 11.8 Å². The Morgan fingerprint density at radius 3 is 2.06 bits per heavy atom. The van der Waals surface area contributed by atoms with E-state index in [1.165, 1.54) is 61.2 Å². The van der Waals surface area contributed by atoms with Crippen LogP contribution in [0.15, 0.2) is 24.3 Å². The van der Waals surface area contributed by atoms with Crippen LogP contribution in [0.4, 0.5) is 0 Å². The van der Waals surface area contributed by atoms with Crippen molar-refractivity contribution in [2.45, 2.75) is 58.3 Å². The van der Waals surface area contributed by atoms with E-state index >= 15 is 0 Å². The first-order valence-corrected chi connectivity index (χ1v) is 7.83. The van der Waals surface area contributed by atoms with E-state index < -0.39 is 0 Å². The van der Waals surface area contributed by atoms with Crippen LogP contribution in [0.2, 0.25) is 0 Å². The van der Waals surface area contributed by atoms with E-state index in [0.717, 1.165) is 11.8 Å². The van der Waals surface area contributed by atoms with Gasteiger partial charge in [0, 0.05) is 0 Å². The van der Waals surface area contributed by atoms with Crippen molar-refractivity contribution in [3.63, 3.8) is 0 Å². The van der Waals surface area contributed by atoms with Gasteiger partial charge in [0.05, 0.1) is 0 Å². The third-order valence-electron chi connectivity index (χ3n) is 4.63. The monoisotopic (exact) mass is 236 g/mol. The van der Waals surface area contributed by atoms with Gasteiger partial charge in [-0.05, 0) is 0 Å². The van der Waals surface area contributed by atoms with Crippen molar-refractivity contribution in [1.82, 2.24) is 0 Å². The standard InChI is InChI=1S/C17H25.Li/c1-2-6-15-9-12-17(13-10-15)14-11-16-7-4-3-5-8-16;/h4-5,7-8,15,17H,2,6,9-14H2,1H3;/t15-,17-;. The first-order valence-electron chi connectivity index (χ1n) is 7.83. The minimum atomic E-state index is 0.999. The Morgan fingerprint density at radius 2 is 1.50 bits per heavy atom. The summed E-state index contributed by atoms with van der Waals surface area (Å²) >= 11 is 2.17.